The highest BCUT2D eigenvalue weighted by Crippen LogP contribution is 2.31. The van der Waals surface area contributed by atoms with Crippen LogP contribution in [0.3, 0.4) is 0 Å². The average Bonchev–Trinajstić information content (AvgIpc) is 2.48. The Morgan fingerprint density at radius 3 is 2.68 bits per heavy atom. The molecule has 0 aliphatic heterocycles. The molecule has 2 N–H and O–H groups in total. The molecule has 0 spiro atoms. The van der Waals surface area contributed by atoms with Crippen molar-refractivity contribution in [2.45, 2.75) is 6.42 Å². The number of ether oxygens (including phenoxy) is 2. The Kier molecular flexibility index (Phi) is 4.81. The molecule has 3 nitrogen and oxygen atoms in total. The molecule has 0 aliphatic carbocycles. The van der Waals surface area contributed by atoms with Crippen molar-refractivity contribution in [1.82, 2.24) is 0 Å². The summed E-state index contributed by atoms with van der Waals surface area (Å²) in [7, 11) is 1.68. The van der Waals surface area contributed by atoms with Crippen molar-refractivity contribution in [1.29, 1.82) is 0 Å². The van der Waals surface area contributed by atoms with E-state index in [4.69, 9.17) is 15.2 Å². The highest BCUT2D eigenvalue weighted by atomic mass is 16.5. The minimum atomic E-state index is 0.645. The first-order chi connectivity index (χ1) is 9.35. The van der Waals surface area contributed by atoms with Crippen molar-refractivity contribution in [3.05, 3.63) is 48.5 Å². The third kappa shape index (κ3) is 3.48. The van der Waals surface area contributed by atoms with Crippen LogP contribution < -0.4 is 15.2 Å². The maximum absolute atomic E-state index is 5.66. The standard InChI is InChI=1S/C16H19NO2/c1-18-16-9-3-2-8-15(16)13-6-4-7-14(12-13)19-11-5-10-17/h2-4,6-9,12H,5,10-11,17H2,1H3. The molecule has 0 saturated heterocycles. The predicted octanol–water partition coefficient (Wildman–Crippen LogP) is 3.09. The van der Waals surface area contributed by atoms with Gasteiger partial charge in [0.25, 0.3) is 0 Å². The van der Waals surface area contributed by atoms with Gasteiger partial charge >= 0.3 is 0 Å². The molecule has 19 heavy (non-hydrogen) atoms. The molecule has 0 aliphatic rings. The summed E-state index contributed by atoms with van der Waals surface area (Å²) < 4.78 is 11.0. The largest absolute Gasteiger partial charge is 0.496 e. The quantitative estimate of drug-likeness (QED) is 0.809. The van der Waals surface area contributed by atoms with Crippen LogP contribution in [0.2, 0.25) is 0 Å². The smallest absolute Gasteiger partial charge is 0.126 e. The Labute approximate surface area is 114 Å². The molecule has 0 heterocycles. The van der Waals surface area contributed by atoms with E-state index >= 15 is 0 Å². The van der Waals surface area contributed by atoms with E-state index in [2.05, 4.69) is 0 Å². The Balaban J connectivity index is 2.22. The van der Waals surface area contributed by atoms with Gasteiger partial charge in [0.05, 0.1) is 13.7 Å². The van der Waals surface area contributed by atoms with Crippen LogP contribution in [0.1, 0.15) is 6.42 Å². The van der Waals surface area contributed by atoms with E-state index in [1.807, 2.05) is 48.5 Å². The highest BCUT2D eigenvalue weighted by Gasteiger charge is 2.05. The first-order valence-electron chi connectivity index (χ1n) is 6.41. The maximum Gasteiger partial charge on any atom is 0.126 e. The molecule has 0 atom stereocenters. The van der Waals surface area contributed by atoms with Gasteiger partial charge in [-0.05, 0) is 36.7 Å². The van der Waals surface area contributed by atoms with E-state index in [1.165, 1.54) is 0 Å². The molecule has 2 aromatic carbocycles. The summed E-state index contributed by atoms with van der Waals surface area (Å²) >= 11 is 0. The molecule has 0 unspecified atom stereocenters. The van der Waals surface area contributed by atoms with Crippen LogP contribution in [0, 0.1) is 0 Å². The number of nitrogens with two attached hydrogens (primary N) is 1. The number of methoxy groups -OCH3 is 1. The number of hydrogen-bond acceptors (Lipinski definition) is 3. The number of benzene rings is 2. The molecule has 0 amide bonds. The van der Waals surface area contributed by atoms with Crippen LogP contribution in [0.25, 0.3) is 11.1 Å². The summed E-state index contributed by atoms with van der Waals surface area (Å²) in [6, 6.07) is 16.0. The van der Waals surface area contributed by atoms with Gasteiger partial charge in [-0.1, -0.05) is 30.3 Å². The molecule has 0 saturated carbocycles. The predicted molar refractivity (Wildman–Crippen MR) is 77.6 cm³/mol. The Morgan fingerprint density at radius 2 is 1.89 bits per heavy atom. The second-order valence-electron chi connectivity index (χ2n) is 4.22. The van der Waals surface area contributed by atoms with Crippen molar-refractivity contribution in [2.75, 3.05) is 20.3 Å². The van der Waals surface area contributed by atoms with Gasteiger partial charge in [0.15, 0.2) is 0 Å². The van der Waals surface area contributed by atoms with Gasteiger partial charge in [0.2, 0.25) is 0 Å². The second-order valence-corrected chi connectivity index (χ2v) is 4.22. The number of hydrogen-bond donors (Lipinski definition) is 1. The SMILES string of the molecule is COc1ccccc1-c1cccc(OCCCN)c1. The van der Waals surface area contributed by atoms with Crippen molar-refractivity contribution >= 4 is 0 Å². The molecule has 2 aromatic rings. The molecule has 3 heteroatoms. The van der Waals surface area contributed by atoms with Crippen LogP contribution >= 0.6 is 0 Å². The van der Waals surface area contributed by atoms with Crippen molar-refractivity contribution in [3.8, 4) is 22.6 Å². The summed E-state index contributed by atoms with van der Waals surface area (Å²) in [5, 5.41) is 0. The van der Waals surface area contributed by atoms with Gasteiger partial charge in [-0.2, -0.15) is 0 Å². The zero-order valence-electron chi connectivity index (χ0n) is 11.1. The fourth-order valence-electron chi connectivity index (χ4n) is 1.91. The van der Waals surface area contributed by atoms with Crippen molar-refractivity contribution in [3.63, 3.8) is 0 Å². The Morgan fingerprint density at radius 1 is 1.05 bits per heavy atom. The van der Waals surface area contributed by atoms with Crippen LogP contribution in [0.15, 0.2) is 48.5 Å². The van der Waals surface area contributed by atoms with Gasteiger partial charge in [-0.15, -0.1) is 0 Å². The maximum atomic E-state index is 5.66. The lowest BCUT2D eigenvalue weighted by atomic mass is 10.0. The van der Waals surface area contributed by atoms with E-state index in [9.17, 15) is 0 Å². The van der Waals surface area contributed by atoms with Gasteiger partial charge < -0.3 is 15.2 Å². The van der Waals surface area contributed by atoms with Crippen LogP contribution in [-0.2, 0) is 0 Å². The monoisotopic (exact) mass is 257 g/mol. The van der Waals surface area contributed by atoms with Gasteiger partial charge in [-0.3, -0.25) is 0 Å². The zero-order valence-corrected chi connectivity index (χ0v) is 11.1. The minimum Gasteiger partial charge on any atom is -0.496 e. The third-order valence-corrected chi connectivity index (χ3v) is 2.87. The first-order valence-corrected chi connectivity index (χ1v) is 6.41. The topological polar surface area (TPSA) is 44.5 Å². The summed E-state index contributed by atoms with van der Waals surface area (Å²) in [5.74, 6) is 1.72. The molecule has 0 aromatic heterocycles. The van der Waals surface area contributed by atoms with Crippen LogP contribution in [0.5, 0.6) is 11.5 Å². The van der Waals surface area contributed by atoms with Crippen LogP contribution in [-0.4, -0.2) is 20.3 Å². The van der Waals surface area contributed by atoms with Crippen molar-refractivity contribution < 1.29 is 9.47 Å². The fraction of sp³-hybridized carbons (Fsp3) is 0.250. The first kappa shape index (κ1) is 13.4. The number of para-hydroxylation sites is 1. The third-order valence-electron chi connectivity index (χ3n) is 2.87. The molecular formula is C16H19NO2. The summed E-state index contributed by atoms with van der Waals surface area (Å²) in [5.41, 5.74) is 7.60. The summed E-state index contributed by atoms with van der Waals surface area (Å²) in [4.78, 5) is 0. The highest BCUT2D eigenvalue weighted by molar-refractivity contribution is 5.71. The van der Waals surface area contributed by atoms with Gasteiger partial charge in [0.1, 0.15) is 11.5 Å². The van der Waals surface area contributed by atoms with E-state index in [-0.39, 0.29) is 0 Å². The molecular weight excluding hydrogens is 238 g/mol. The Hall–Kier alpha value is -2.00. The molecule has 100 valence electrons. The average molecular weight is 257 g/mol. The minimum absolute atomic E-state index is 0.645. The van der Waals surface area contributed by atoms with Gasteiger partial charge in [-0.25, -0.2) is 0 Å². The molecule has 2 rings (SSSR count). The van der Waals surface area contributed by atoms with Gasteiger partial charge in [0, 0.05) is 5.56 Å². The zero-order chi connectivity index (χ0) is 13.5. The Bertz CT molecular complexity index is 526. The fourth-order valence-corrected chi connectivity index (χ4v) is 1.91. The molecule has 0 radical (unpaired) electrons. The van der Waals surface area contributed by atoms with E-state index in [0.29, 0.717) is 13.2 Å². The molecule has 0 fully saturated rings. The number of rotatable bonds is 6. The van der Waals surface area contributed by atoms with Crippen LogP contribution in [0.4, 0.5) is 0 Å². The van der Waals surface area contributed by atoms with E-state index in [0.717, 1.165) is 29.0 Å². The molecule has 0 bridgehead atoms. The van der Waals surface area contributed by atoms with Crippen molar-refractivity contribution in [2.24, 2.45) is 5.73 Å². The normalized spacial score (nSPS) is 10.2. The summed E-state index contributed by atoms with van der Waals surface area (Å²) in [6.07, 6.45) is 0.860. The lowest BCUT2D eigenvalue weighted by Gasteiger charge is -2.10. The second kappa shape index (κ2) is 6.81. The lowest BCUT2D eigenvalue weighted by molar-refractivity contribution is 0.313. The lowest BCUT2D eigenvalue weighted by Crippen LogP contribution is -2.06. The van der Waals surface area contributed by atoms with E-state index < -0.39 is 0 Å². The van der Waals surface area contributed by atoms with E-state index in [1.54, 1.807) is 7.11 Å². The summed E-state index contributed by atoms with van der Waals surface area (Å²) in [6.45, 7) is 1.29.